The van der Waals surface area contributed by atoms with Crippen LogP contribution in [0, 0.1) is 0 Å². The number of carbonyl (C=O) groups is 9. The van der Waals surface area contributed by atoms with Gasteiger partial charge >= 0.3 is 17.9 Å². The number of amides is 6. The lowest BCUT2D eigenvalue weighted by atomic mass is 10.0. The number of rotatable bonds is 26. The van der Waals surface area contributed by atoms with Gasteiger partial charge in [-0.25, -0.2) is 60.1 Å². The maximum absolute atomic E-state index is 13.3. The third kappa shape index (κ3) is 21.5. The zero-order chi connectivity index (χ0) is 104. The van der Waals surface area contributed by atoms with Crippen LogP contribution in [0.1, 0.15) is 147 Å². The van der Waals surface area contributed by atoms with E-state index in [1.165, 1.54) is 21.0 Å². The summed E-state index contributed by atoms with van der Waals surface area (Å²) in [7, 11) is 8.38. The molecule has 0 spiro atoms. The number of hydrogen-bond acceptors (Lipinski definition) is 27. The van der Waals surface area contributed by atoms with Crippen molar-refractivity contribution in [2.45, 2.75) is 72.8 Å². The number of fused-ring (bicyclic) bond motifs is 12. The summed E-state index contributed by atoms with van der Waals surface area (Å²) in [4.78, 5) is 163. The molecule has 35 heteroatoms. The Morgan fingerprint density at radius 1 is 0.331 bits per heavy atom. The number of esters is 1. The normalized spacial score (nSPS) is 12.8. The Kier molecular flexibility index (Phi) is 30.2. The molecular formula is C113H107N19O16. The highest BCUT2D eigenvalue weighted by Crippen LogP contribution is 2.44. The molecule has 0 atom stereocenters. The number of carbonyl (C=O) groups excluding carboxylic acids is 7. The van der Waals surface area contributed by atoms with Crippen LogP contribution in [0.2, 0.25) is 0 Å². The maximum Gasteiger partial charge on any atom is 0.337 e. The summed E-state index contributed by atoms with van der Waals surface area (Å²) < 4.78 is 28.7. The van der Waals surface area contributed by atoms with Crippen LogP contribution in [0.3, 0.4) is 0 Å². The van der Waals surface area contributed by atoms with E-state index in [0.29, 0.717) is 175 Å². The first-order chi connectivity index (χ1) is 71.5. The van der Waals surface area contributed by atoms with E-state index in [1.807, 2.05) is 205 Å². The van der Waals surface area contributed by atoms with Gasteiger partial charge < -0.3 is 78.4 Å². The minimum absolute atomic E-state index is 0.119. The molecule has 750 valence electrons. The lowest BCUT2D eigenvalue weighted by Gasteiger charge is -2.22. The smallest absolute Gasteiger partial charge is 0.337 e. The number of aromatic nitrogens is 8. The zero-order valence-electron chi connectivity index (χ0n) is 83.2. The van der Waals surface area contributed by atoms with Gasteiger partial charge in [-0.15, -0.1) is 0 Å². The number of hydrogen-bond donors (Lipinski definition) is 5. The highest BCUT2D eigenvalue weighted by molar-refractivity contribution is 6.16. The summed E-state index contributed by atoms with van der Waals surface area (Å²) in [6.07, 6.45) is 16.3. The second-order valence-corrected chi connectivity index (χ2v) is 35.6. The molecule has 4 aliphatic heterocycles. The van der Waals surface area contributed by atoms with E-state index < -0.39 is 23.4 Å². The lowest BCUT2D eigenvalue weighted by molar-refractivity contribution is -0.143. The van der Waals surface area contributed by atoms with Crippen LogP contribution in [0.25, 0.3) is 43.1 Å². The summed E-state index contributed by atoms with van der Waals surface area (Å²) in [5, 5.41) is 28.2. The number of pyridine rings is 8. The fourth-order valence-corrected chi connectivity index (χ4v) is 17.8. The Labute approximate surface area is 852 Å². The number of anilines is 12. The standard InChI is InChI=1S/C31H31N5O5.C28H26N4O4.C27H26N6O3.C27H24N4O4/c1-5-36-26-24(29(38)35(4)25-7-6-13-32-27(25)36)15-19(18-33-26)12-14-41-23-11-10-20-16-22(9-8-21(20)17-23)28(37)34-31(2,3)30(39)40;1-4-32-25-23(27(33)31(2)24-6-5-12-29-26(24)32)14-18(17-30-25)11-13-36-22-10-9-19-15-21(28(34)35-3)8-7-20(19)16-22;1-3-33-24-22(27(35)32(2)23-5-4-11-29-25(23)33)13-17(16-30-24)10-12-36-21-9-8-18-14-20(26(34)31-28)7-6-19(18)15-21;1-3-31-24-22(26(32)30(2)23-5-4-11-28-25(23)31)13-17(16-29-24)10-12-35-21-9-8-18-14-20(27(33)34)7-6-19(18)15-21/h6-11,13,15-18H,5,12,14H2,1-4H3,(H,34,37)(H,39,40);5-10,12,14-17H,4,11,13H2,1-3H3;4-9,11,13-16H,3,10,12,28H2,1-2H3,(H,31,34);4-9,11,13-16H,3,10,12H2,1-2H3,(H,33,34). The van der Waals surface area contributed by atoms with Crippen LogP contribution >= 0.6 is 0 Å². The molecule has 6 amide bonds. The first-order valence-corrected chi connectivity index (χ1v) is 48.1. The second-order valence-electron chi connectivity index (χ2n) is 35.6. The number of methoxy groups -OCH3 is 1. The molecule has 12 heterocycles. The molecule has 0 saturated heterocycles. The van der Waals surface area contributed by atoms with Crippen LogP contribution in [0.5, 0.6) is 23.0 Å². The molecule has 0 bridgehead atoms. The van der Waals surface area contributed by atoms with Gasteiger partial charge in [0.25, 0.3) is 35.4 Å². The molecule has 148 heavy (non-hydrogen) atoms. The number of nitrogens with one attached hydrogen (secondary N) is 2. The fourth-order valence-electron chi connectivity index (χ4n) is 17.8. The first-order valence-electron chi connectivity index (χ1n) is 48.1. The van der Waals surface area contributed by atoms with E-state index in [-0.39, 0.29) is 41.1 Å². The Balaban J connectivity index is 0.000000135. The monoisotopic (exact) mass is 1990 g/mol. The highest BCUT2D eigenvalue weighted by atomic mass is 16.5. The van der Waals surface area contributed by atoms with Crippen molar-refractivity contribution >= 4 is 166 Å². The Hall–Kier alpha value is -18.4. The van der Waals surface area contributed by atoms with Gasteiger partial charge in [0.2, 0.25) is 0 Å². The summed E-state index contributed by atoms with van der Waals surface area (Å²) >= 11 is 0. The van der Waals surface area contributed by atoms with Gasteiger partial charge in [-0.2, -0.15) is 0 Å². The van der Waals surface area contributed by atoms with Crippen LogP contribution in [0.15, 0.2) is 268 Å². The van der Waals surface area contributed by atoms with Gasteiger partial charge in [0.05, 0.1) is 89.7 Å². The molecule has 6 N–H and O–H groups in total. The topological polar surface area (TPSA) is 419 Å². The molecule has 0 radical (unpaired) electrons. The molecule has 4 aliphatic rings. The predicted octanol–water partition coefficient (Wildman–Crippen LogP) is 17.7. The van der Waals surface area contributed by atoms with Crippen molar-refractivity contribution in [1.29, 1.82) is 0 Å². The van der Waals surface area contributed by atoms with Crippen molar-refractivity contribution in [3.8, 4) is 23.0 Å². The molecule has 16 aromatic rings. The van der Waals surface area contributed by atoms with E-state index in [2.05, 4.69) is 50.6 Å². The summed E-state index contributed by atoms with van der Waals surface area (Å²) in [5.74, 6) is 9.52. The van der Waals surface area contributed by atoms with Crippen molar-refractivity contribution in [1.82, 2.24) is 50.6 Å². The van der Waals surface area contributed by atoms with Gasteiger partial charge in [-0.1, -0.05) is 48.5 Å². The third-order valence-corrected chi connectivity index (χ3v) is 25.8. The van der Waals surface area contributed by atoms with E-state index in [0.717, 1.165) is 99.6 Å². The molecule has 0 fully saturated rings. The van der Waals surface area contributed by atoms with Gasteiger partial charge in [-0.3, -0.25) is 34.2 Å². The number of nitrogens with two attached hydrogens (primary N) is 1. The van der Waals surface area contributed by atoms with E-state index in [1.54, 1.807) is 158 Å². The number of nitrogen functional groups attached to an aromatic ring is 1. The van der Waals surface area contributed by atoms with E-state index in [9.17, 15) is 48.3 Å². The number of ether oxygens (including phenoxy) is 5. The summed E-state index contributed by atoms with van der Waals surface area (Å²) in [6.45, 7) is 15.0. The van der Waals surface area contributed by atoms with Crippen LogP contribution in [-0.4, -0.2) is 197 Å². The molecule has 0 aliphatic carbocycles. The van der Waals surface area contributed by atoms with Crippen LogP contribution in [-0.2, 0) is 35.2 Å². The average molecular weight is 1990 g/mol. The highest BCUT2D eigenvalue weighted by Gasteiger charge is 2.37. The molecule has 0 unspecified atom stereocenters. The van der Waals surface area contributed by atoms with Crippen molar-refractivity contribution in [2.75, 3.05) is 127 Å². The van der Waals surface area contributed by atoms with Crippen molar-refractivity contribution in [3.63, 3.8) is 0 Å². The Bertz CT molecular complexity index is 7660. The quantitative estimate of drug-likeness (QED) is 0.0145. The van der Waals surface area contributed by atoms with Gasteiger partial charge in [-0.05, 0) is 277 Å². The van der Waals surface area contributed by atoms with Gasteiger partial charge in [0.1, 0.15) is 51.8 Å². The molecule has 35 nitrogen and oxygen atoms in total. The predicted molar refractivity (Wildman–Crippen MR) is 567 cm³/mol. The molecular weight excluding hydrogens is 1880 g/mol. The minimum atomic E-state index is -1.38. The lowest BCUT2D eigenvalue weighted by Crippen LogP contribution is -2.49. The van der Waals surface area contributed by atoms with Crippen molar-refractivity contribution < 1.29 is 77.0 Å². The van der Waals surface area contributed by atoms with Gasteiger partial charge in [0.15, 0.2) is 23.3 Å². The van der Waals surface area contributed by atoms with Crippen LogP contribution in [0.4, 0.5) is 69.3 Å². The number of aliphatic carboxylic acids is 1. The number of carboxylic acid groups (broad SMARTS) is 2. The largest absolute Gasteiger partial charge is 0.493 e. The molecule has 8 aromatic carbocycles. The fraction of sp³-hybridized carbons (Fsp3) is 0.212. The number of nitrogens with zero attached hydrogens (tertiary/aromatic N) is 16. The van der Waals surface area contributed by atoms with Crippen LogP contribution < -0.4 is 74.7 Å². The van der Waals surface area contributed by atoms with Crippen molar-refractivity contribution in [2.24, 2.45) is 5.84 Å². The molecule has 0 saturated carbocycles. The Morgan fingerprint density at radius 2 is 0.588 bits per heavy atom. The zero-order valence-corrected chi connectivity index (χ0v) is 83.2. The summed E-state index contributed by atoms with van der Waals surface area (Å²) in [5.41, 5.74) is 11.1. The summed E-state index contributed by atoms with van der Waals surface area (Å²) in [6, 6.07) is 65.9. The van der Waals surface area contributed by atoms with E-state index >= 15 is 0 Å². The average Bonchev–Trinajstić information content (AvgIpc) is 1.63. The Morgan fingerprint density at radius 3 is 0.858 bits per heavy atom. The maximum atomic E-state index is 13.3. The number of benzene rings is 8. The molecule has 20 rings (SSSR count). The number of hydrazine groups is 1. The van der Waals surface area contributed by atoms with E-state index in [4.69, 9.17) is 34.6 Å². The van der Waals surface area contributed by atoms with Crippen molar-refractivity contribution in [3.05, 3.63) is 335 Å². The van der Waals surface area contributed by atoms with Gasteiger partial charge in [0, 0.05) is 141 Å². The third-order valence-electron chi connectivity index (χ3n) is 25.8. The minimum Gasteiger partial charge on any atom is -0.493 e. The first kappa shape index (κ1) is 101. The number of aromatic carboxylic acids is 1. The SMILES string of the molecule is CCN1c2ncc(CCOc3ccc4cc(C(=O)NC(C)(C)C(=O)O)ccc4c3)cc2C(=O)N(C)c2cccnc21.CCN1c2ncc(CCOc3ccc4cc(C(=O)NN)ccc4c3)cc2C(=O)N(C)c2cccnc21.CCN1c2ncc(CCOc3ccc4cc(C(=O)O)ccc4c3)cc2C(=O)N(C)c2cccnc21.CCN1c2ncc(CCOc3ccc4cc(C(=O)OC)ccc4c3)cc2C(=O)N(C)c2cccnc21. The second kappa shape index (κ2) is 44.2. The molecule has 8 aromatic heterocycles. The number of carboxylic acids is 2.